The van der Waals surface area contributed by atoms with E-state index >= 15 is 0 Å². The molecule has 0 amide bonds. The number of hydrogen-bond acceptors (Lipinski definition) is 4. The van der Waals surface area contributed by atoms with Crippen LogP contribution in [0.1, 0.15) is 31.7 Å². The van der Waals surface area contributed by atoms with E-state index < -0.39 is 15.9 Å². The highest BCUT2D eigenvalue weighted by atomic mass is 32.2. The Morgan fingerprint density at radius 1 is 1.28 bits per heavy atom. The number of alkyl halides is 2. The largest absolute Gasteiger partial charge is 0.493 e. The van der Waals surface area contributed by atoms with E-state index in [1.54, 1.807) is 0 Å². The van der Waals surface area contributed by atoms with Crippen LogP contribution in [0, 0.1) is 5.92 Å². The number of amidine groups is 1. The van der Waals surface area contributed by atoms with E-state index in [1.807, 2.05) is 4.90 Å². The number of halogens is 2. The van der Waals surface area contributed by atoms with Gasteiger partial charge in [-0.25, -0.2) is 17.2 Å². The van der Waals surface area contributed by atoms with Crippen molar-refractivity contribution >= 4 is 15.9 Å². The Balaban J connectivity index is 1.67. The Morgan fingerprint density at radius 2 is 2.00 bits per heavy atom. The monoisotopic (exact) mass is 372 g/mol. The molecule has 2 heterocycles. The van der Waals surface area contributed by atoms with Crippen LogP contribution < -0.4 is 4.74 Å². The lowest BCUT2D eigenvalue weighted by Crippen LogP contribution is -2.48. The first-order valence-electron chi connectivity index (χ1n) is 8.49. The lowest BCUT2D eigenvalue weighted by Gasteiger charge is -2.37. The lowest BCUT2D eigenvalue weighted by molar-refractivity contribution is -0.00832. The molecular formula is C17H22F2N2O3S. The molecule has 0 aliphatic carbocycles. The van der Waals surface area contributed by atoms with Gasteiger partial charge in [-0.2, -0.15) is 0 Å². The molecule has 25 heavy (non-hydrogen) atoms. The minimum absolute atomic E-state index is 0.0334. The van der Waals surface area contributed by atoms with E-state index in [-0.39, 0.29) is 30.3 Å². The maximum absolute atomic E-state index is 13.6. The van der Waals surface area contributed by atoms with Gasteiger partial charge in [0.2, 0.25) is 0 Å². The zero-order valence-electron chi connectivity index (χ0n) is 14.1. The first-order chi connectivity index (χ1) is 11.8. The van der Waals surface area contributed by atoms with Crippen LogP contribution in [-0.4, -0.2) is 44.6 Å². The molecular weight excluding hydrogens is 350 g/mol. The number of piperidine rings is 1. The number of ether oxygens (including phenoxy) is 1. The van der Waals surface area contributed by atoms with Crippen LogP contribution in [0.2, 0.25) is 0 Å². The van der Waals surface area contributed by atoms with Crippen molar-refractivity contribution in [2.45, 2.75) is 32.1 Å². The fraction of sp³-hybridized carbons (Fsp3) is 0.588. The van der Waals surface area contributed by atoms with Crippen LogP contribution in [0.4, 0.5) is 8.78 Å². The minimum Gasteiger partial charge on any atom is -0.493 e. The van der Waals surface area contributed by atoms with E-state index in [4.69, 9.17) is 4.74 Å². The first-order valence-corrected chi connectivity index (χ1v) is 10.1. The second-order valence-corrected chi connectivity index (χ2v) is 8.21. The predicted octanol–water partition coefficient (Wildman–Crippen LogP) is 3.02. The number of rotatable bonds is 5. The van der Waals surface area contributed by atoms with Crippen molar-refractivity contribution in [2.75, 3.05) is 25.4 Å². The van der Waals surface area contributed by atoms with E-state index in [1.165, 1.54) is 31.2 Å². The van der Waals surface area contributed by atoms with Crippen LogP contribution in [0.3, 0.4) is 0 Å². The fourth-order valence-corrected chi connectivity index (χ4v) is 4.25. The third-order valence-corrected chi connectivity index (χ3v) is 5.86. The van der Waals surface area contributed by atoms with E-state index in [9.17, 15) is 17.2 Å². The van der Waals surface area contributed by atoms with Crippen LogP contribution in [0.15, 0.2) is 28.7 Å². The summed E-state index contributed by atoms with van der Waals surface area (Å²) >= 11 is 0. The standard InChI is InChI=1S/C17H22F2N2O3S/c1-2-17(18,19)14-5-7-15(8-6-14)24-12-13-4-3-9-21-10-11-25(22,23)20-16(13)21/h5-8,13H,2-4,9-12H2,1H3. The molecule has 0 radical (unpaired) electrons. The zero-order chi connectivity index (χ0) is 18.1. The van der Waals surface area contributed by atoms with Gasteiger partial charge in [0.1, 0.15) is 11.6 Å². The molecule has 138 valence electrons. The maximum atomic E-state index is 13.6. The van der Waals surface area contributed by atoms with Gasteiger partial charge >= 0.3 is 0 Å². The summed E-state index contributed by atoms with van der Waals surface area (Å²) in [7, 11) is -3.39. The number of nitrogens with zero attached hydrogens (tertiary/aromatic N) is 2. The normalized spacial score (nSPS) is 22.9. The molecule has 1 saturated heterocycles. The molecule has 5 nitrogen and oxygen atoms in total. The van der Waals surface area contributed by atoms with Gasteiger partial charge in [0.25, 0.3) is 15.9 Å². The predicted molar refractivity (Wildman–Crippen MR) is 91.6 cm³/mol. The van der Waals surface area contributed by atoms with E-state index in [2.05, 4.69) is 4.40 Å². The summed E-state index contributed by atoms with van der Waals surface area (Å²) in [5.41, 5.74) is -0.0334. The number of sulfonamides is 1. The molecule has 0 bridgehead atoms. The quantitative estimate of drug-likeness (QED) is 0.797. The van der Waals surface area contributed by atoms with Gasteiger partial charge in [-0.3, -0.25) is 0 Å². The summed E-state index contributed by atoms with van der Waals surface area (Å²) < 4.78 is 60.4. The average molecular weight is 372 g/mol. The topological polar surface area (TPSA) is 59.0 Å². The Labute approximate surface area is 146 Å². The van der Waals surface area contributed by atoms with Crippen LogP contribution >= 0.6 is 0 Å². The summed E-state index contributed by atoms with van der Waals surface area (Å²) in [6.07, 6.45) is 1.50. The van der Waals surface area contributed by atoms with Gasteiger partial charge in [-0.1, -0.05) is 6.92 Å². The molecule has 2 aliphatic heterocycles. The van der Waals surface area contributed by atoms with Crippen molar-refractivity contribution in [3.63, 3.8) is 0 Å². The van der Waals surface area contributed by atoms with E-state index in [0.29, 0.717) is 18.1 Å². The highest BCUT2D eigenvalue weighted by Gasteiger charge is 2.33. The fourth-order valence-electron chi connectivity index (χ4n) is 3.16. The molecule has 1 atom stereocenters. The van der Waals surface area contributed by atoms with Crippen LogP contribution in [-0.2, 0) is 15.9 Å². The van der Waals surface area contributed by atoms with Gasteiger partial charge in [-0.05, 0) is 37.1 Å². The van der Waals surface area contributed by atoms with Crippen molar-refractivity contribution in [2.24, 2.45) is 10.3 Å². The molecule has 0 aromatic heterocycles. The Bertz CT molecular complexity index is 748. The van der Waals surface area contributed by atoms with Crippen molar-refractivity contribution in [1.29, 1.82) is 0 Å². The molecule has 0 N–H and O–H groups in total. The molecule has 2 aliphatic rings. The Hall–Kier alpha value is -1.70. The molecule has 0 saturated carbocycles. The van der Waals surface area contributed by atoms with Gasteiger partial charge in [-0.15, -0.1) is 4.40 Å². The van der Waals surface area contributed by atoms with Crippen molar-refractivity contribution < 1.29 is 21.9 Å². The third kappa shape index (κ3) is 4.11. The Kier molecular flexibility index (Phi) is 4.99. The highest BCUT2D eigenvalue weighted by Crippen LogP contribution is 2.32. The first kappa shape index (κ1) is 18.1. The summed E-state index contributed by atoms with van der Waals surface area (Å²) in [4.78, 5) is 2.00. The second-order valence-electron chi connectivity index (χ2n) is 6.46. The molecule has 3 rings (SSSR count). The Morgan fingerprint density at radius 3 is 2.68 bits per heavy atom. The van der Waals surface area contributed by atoms with Gasteiger partial charge < -0.3 is 9.64 Å². The molecule has 0 spiro atoms. The summed E-state index contributed by atoms with van der Waals surface area (Å²) in [5.74, 6) is -1.82. The molecule has 1 aromatic rings. The third-order valence-electron chi connectivity index (χ3n) is 4.69. The molecule has 1 fully saturated rings. The van der Waals surface area contributed by atoms with Crippen molar-refractivity contribution in [3.8, 4) is 5.75 Å². The molecule has 1 aromatic carbocycles. The summed E-state index contributed by atoms with van der Waals surface area (Å²) in [6.45, 7) is 3.01. The smallest absolute Gasteiger partial charge is 0.273 e. The number of benzene rings is 1. The number of hydrogen-bond donors (Lipinski definition) is 0. The van der Waals surface area contributed by atoms with Gasteiger partial charge in [0.15, 0.2) is 0 Å². The van der Waals surface area contributed by atoms with E-state index in [0.717, 1.165) is 19.4 Å². The number of fused-ring (bicyclic) bond motifs is 1. The zero-order valence-corrected chi connectivity index (χ0v) is 14.9. The molecule has 1 unspecified atom stereocenters. The van der Waals surface area contributed by atoms with Crippen LogP contribution in [0.5, 0.6) is 5.75 Å². The summed E-state index contributed by atoms with van der Waals surface area (Å²) in [5, 5.41) is 0. The van der Waals surface area contributed by atoms with Gasteiger partial charge in [0.05, 0.1) is 18.3 Å². The van der Waals surface area contributed by atoms with Crippen LogP contribution in [0.25, 0.3) is 0 Å². The minimum atomic E-state index is -3.39. The van der Waals surface area contributed by atoms with Crippen molar-refractivity contribution in [1.82, 2.24) is 4.90 Å². The molecule has 8 heteroatoms. The second kappa shape index (κ2) is 6.90. The highest BCUT2D eigenvalue weighted by molar-refractivity contribution is 7.90. The SMILES string of the molecule is CCC(F)(F)c1ccc(OCC2CCCN3CCS(=O)(=O)N=C23)cc1. The summed E-state index contributed by atoms with van der Waals surface area (Å²) in [6, 6.07) is 5.79. The maximum Gasteiger partial charge on any atom is 0.273 e. The van der Waals surface area contributed by atoms with Gasteiger partial charge in [0, 0.05) is 25.1 Å². The average Bonchev–Trinajstić information content (AvgIpc) is 2.59. The van der Waals surface area contributed by atoms with Crippen molar-refractivity contribution in [3.05, 3.63) is 29.8 Å². The lowest BCUT2D eigenvalue weighted by atomic mass is 9.97.